The van der Waals surface area contributed by atoms with Crippen molar-refractivity contribution < 1.29 is 23.8 Å². The van der Waals surface area contributed by atoms with Gasteiger partial charge in [0.05, 0.1) is 5.60 Å². The van der Waals surface area contributed by atoms with Crippen molar-refractivity contribution in [1.29, 1.82) is 0 Å². The molecular formula is C27H36N2O6S. The molecule has 2 heterocycles. The second-order valence-electron chi connectivity index (χ2n) is 10.1. The summed E-state index contributed by atoms with van der Waals surface area (Å²) < 4.78 is 11.0. The normalized spacial score (nSPS) is 22.7. The topological polar surface area (TPSA) is 109 Å². The maximum atomic E-state index is 13.4. The van der Waals surface area contributed by atoms with Gasteiger partial charge in [-0.25, -0.2) is 4.79 Å². The molecule has 0 unspecified atom stereocenters. The molecule has 8 nitrogen and oxygen atoms in total. The van der Waals surface area contributed by atoms with Crippen LogP contribution in [0.15, 0.2) is 27.4 Å². The molecule has 196 valence electrons. The first-order chi connectivity index (χ1) is 17.2. The van der Waals surface area contributed by atoms with E-state index in [0.29, 0.717) is 42.8 Å². The number of rotatable bonds is 8. The molecule has 3 atom stereocenters. The van der Waals surface area contributed by atoms with Crippen LogP contribution in [-0.2, 0) is 9.59 Å². The minimum Gasteiger partial charge on any atom is -0.484 e. The number of thioether (sulfide) groups is 1. The van der Waals surface area contributed by atoms with Gasteiger partial charge in [0.1, 0.15) is 17.4 Å². The maximum Gasteiger partial charge on any atom is 0.339 e. The van der Waals surface area contributed by atoms with Crippen LogP contribution >= 0.6 is 11.8 Å². The minimum absolute atomic E-state index is 0.0941. The lowest BCUT2D eigenvalue weighted by Gasteiger charge is -2.48. The SMILES string of the molecule is CSCC[C@H](NC(=O)COc1ccc2c(C)c(C)c(=O)oc2c1)C(=O)N1CC[C@]2(O)CCCC[C@H]2C1. The molecule has 0 bridgehead atoms. The lowest BCUT2D eigenvalue weighted by Crippen LogP contribution is -2.58. The number of nitrogens with zero attached hydrogens (tertiary/aromatic N) is 1. The third-order valence-electron chi connectivity index (χ3n) is 7.78. The van der Waals surface area contributed by atoms with Crippen LogP contribution in [0.1, 0.15) is 49.7 Å². The van der Waals surface area contributed by atoms with Gasteiger partial charge in [0.2, 0.25) is 5.91 Å². The Morgan fingerprint density at radius 3 is 2.86 bits per heavy atom. The van der Waals surface area contributed by atoms with Gasteiger partial charge in [-0.2, -0.15) is 11.8 Å². The Hall–Kier alpha value is -2.52. The van der Waals surface area contributed by atoms with Gasteiger partial charge in [0.15, 0.2) is 6.61 Å². The number of hydrogen-bond acceptors (Lipinski definition) is 7. The molecule has 9 heteroatoms. The molecule has 1 aromatic carbocycles. The number of benzene rings is 1. The largest absolute Gasteiger partial charge is 0.484 e. The summed E-state index contributed by atoms with van der Waals surface area (Å²) in [4.78, 5) is 39.9. The van der Waals surface area contributed by atoms with Crippen LogP contribution in [0.4, 0.5) is 0 Å². The zero-order valence-corrected chi connectivity index (χ0v) is 22.1. The second kappa shape index (κ2) is 11.3. The van der Waals surface area contributed by atoms with Gasteiger partial charge < -0.3 is 24.5 Å². The van der Waals surface area contributed by atoms with Crippen LogP contribution in [0.25, 0.3) is 11.0 Å². The summed E-state index contributed by atoms with van der Waals surface area (Å²) in [5.41, 5.74) is 0.775. The minimum atomic E-state index is -0.656. The van der Waals surface area contributed by atoms with E-state index in [1.807, 2.05) is 18.1 Å². The quantitative estimate of drug-likeness (QED) is 0.519. The molecule has 4 rings (SSSR count). The third-order valence-corrected chi connectivity index (χ3v) is 8.43. The fourth-order valence-electron chi connectivity index (χ4n) is 5.39. The molecule has 1 saturated carbocycles. The highest BCUT2D eigenvalue weighted by atomic mass is 32.2. The summed E-state index contributed by atoms with van der Waals surface area (Å²) in [6.45, 7) is 4.38. The Balaban J connectivity index is 1.38. The molecule has 0 radical (unpaired) electrons. The number of piperidine rings is 1. The number of amides is 2. The number of aryl methyl sites for hydroxylation is 1. The van der Waals surface area contributed by atoms with Crippen molar-refractivity contribution in [1.82, 2.24) is 10.2 Å². The van der Waals surface area contributed by atoms with Gasteiger partial charge in [0.25, 0.3) is 5.91 Å². The molecule has 0 spiro atoms. The van der Waals surface area contributed by atoms with Crippen LogP contribution in [-0.4, -0.2) is 65.2 Å². The Bertz CT molecular complexity index is 1180. The van der Waals surface area contributed by atoms with E-state index in [0.717, 1.165) is 42.4 Å². The average molecular weight is 517 g/mol. The van der Waals surface area contributed by atoms with Gasteiger partial charge in [-0.1, -0.05) is 12.8 Å². The number of carbonyl (C=O) groups is 2. The van der Waals surface area contributed by atoms with Crippen LogP contribution in [0.3, 0.4) is 0 Å². The number of carbonyl (C=O) groups excluding carboxylic acids is 2. The van der Waals surface area contributed by atoms with Crippen molar-refractivity contribution in [3.8, 4) is 5.75 Å². The van der Waals surface area contributed by atoms with E-state index in [9.17, 15) is 19.5 Å². The molecule has 1 saturated heterocycles. The van der Waals surface area contributed by atoms with Crippen molar-refractivity contribution in [3.05, 3.63) is 39.7 Å². The predicted octanol–water partition coefficient (Wildman–Crippen LogP) is 3.18. The summed E-state index contributed by atoms with van der Waals surface area (Å²) in [5.74, 6) is 0.764. The fourth-order valence-corrected chi connectivity index (χ4v) is 5.86. The zero-order chi connectivity index (χ0) is 25.9. The van der Waals surface area contributed by atoms with Gasteiger partial charge in [-0.05, 0) is 69.2 Å². The number of likely N-dealkylation sites (tertiary alicyclic amines) is 1. The van der Waals surface area contributed by atoms with Gasteiger partial charge in [-0.15, -0.1) is 0 Å². The number of ether oxygens (including phenoxy) is 1. The van der Waals surface area contributed by atoms with E-state index in [2.05, 4.69) is 5.32 Å². The standard InChI is InChI=1S/C27H36N2O6S/c1-17-18(2)26(32)35-23-14-20(7-8-21(17)23)34-16-24(30)28-22(9-13-36-3)25(31)29-12-11-27(33)10-5-4-6-19(27)15-29/h7-8,14,19,22,33H,4-6,9-13,15-16H2,1-3H3,(H,28,30)/t19-,22-,27+/m0/s1. The van der Waals surface area contributed by atoms with E-state index < -0.39 is 17.3 Å². The third kappa shape index (κ3) is 5.72. The smallest absolute Gasteiger partial charge is 0.339 e. The van der Waals surface area contributed by atoms with E-state index >= 15 is 0 Å². The first-order valence-corrected chi connectivity index (χ1v) is 14.1. The van der Waals surface area contributed by atoms with Crippen molar-refractivity contribution in [2.24, 2.45) is 5.92 Å². The Kier molecular flexibility index (Phi) is 8.30. The Labute approximate surface area is 215 Å². The summed E-state index contributed by atoms with van der Waals surface area (Å²) in [6, 6.07) is 4.51. The van der Waals surface area contributed by atoms with Crippen LogP contribution in [0.2, 0.25) is 0 Å². The number of nitrogens with one attached hydrogen (secondary N) is 1. The lowest BCUT2D eigenvalue weighted by molar-refractivity contribution is -0.147. The highest BCUT2D eigenvalue weighted by Crippen LogP contribution is 2.40. The monoisotopic (exact) mass is 516 g/mol. The number of hydrogen-bond donors (Lipinski definition) is 2. The molecule has 2 fully saturated rings. The Morgan fingerprint density at radius 2 is 2.08 bits per heavy atom. The molecule has 2 aliphatic rings. The maximum absolute atomic E-state index is 13.4. The molecule has 2 N–H and O–H groups in total. The van der Waals surface area contributed by atoms with Gasteiger partial charge in [0, 0.05) is 36.0 Å². The van der Waals surface area contributed by atoms with Crippen LogP contribution < -0.4 is 15.7 Å². The van der Waals surface area contributed by atoms with Gasteiger partial charge >= 0.3 is 5.63 Å². The molecule has 1 aromatic heterocycles. The summed E-state index contributed by atoms with van der Waals surface area (Å²) >= 11 is 1.62. The van der Waals surface area contributed by atoms with E-state index in [4.69, 9.17) is 9.15 Å². The fraction of sp³-hybridized carbons (Fsp3) is 0.593. The Morgan fingerprint density at radius 1 is 1.28 bits per heavy atom. The molecule has 1 aliphatic carbocycles. The summed E-state index contributed by atoms with van der Waals surface area (Å²) in [6.07, 6.45) is 6.94. The van der Waals surface area contributed by atoms with Crippen molar-refractivity contribution in [3.63, 3.8) is 0 Å². The molecule has 2 aromatic rings. The number of aliphatic hydroxyl groups is 1. The second-order valence-corrected chi connectivity index (χ2v) is 11.1. The van der Waals surface area contributed by atoms with Crippen molar-refractivity contribution in [2.45, 2.75) is 64.0 Å². The highest BCUT2D eigenvalue weighted by molar-refractivity contribution is 7.98. The zero-order valence-electron chi connectivity index (χ0n) is 21.3. The van der Waals surface area contributed by atoms with Gasteiger partial charge in [-0.3, -0.25) is 9.59 Å². The van der Waals surface area contributed by atoms with Crippen LogP contribution in [0, 0.1) is 19.8 Å². The summed E-state index contributed by atoms with van der Waals surface area (Å²) in [7, 11) is 0. The molecule has 2 amide bonds. The van der Waals surface area contributed by atoms with E-state index in [-0.39, 0.29) is 24.3 Å². The summed E-state index contributed by atoms with van der Waals surface area (Å²) in [5, 5.41) is 14.6. The first-order valence-electron chi connectivity index (χ1n) is 12.7. The van der Waals surface area contributed by atoms with Crippen LogP contribution in [0.5, 0.6) is 5.75 Å². The van der Waals surface area contributed by atoms with Crippen molar-refractivity contribution in [2.75, 3.05) is 31.7 Å². The van der Waals surface area contributed by atoms with Crippen molar-refractivity contribution >= 4 is 34.5 Å². The molecule has 1 aliphatic heterocycles. The lowest BCUT2D eigenvalue weighted by atomic mass is 9.71. The predicted molar refractivity (Wildman–Crippen MR) is 140 cm³/mol. The van der Waals surface area contributed by atoms with E-state index in [1.165, 1.54) is 0 Å². The average Bonchev–Trinajstić information content (AvgIpc) is 2.87. The number of fused-ring (bicyclic) bond motifs is 2. The molecular weight excluding hydrogens is 480 g/mol. The molecule has 36 heavy (non-hydrogen) atoms. The highest BCUT2D eigenvalue weighted by Gasteiger charge is 2.44. The first kappa shape index (κ1) is 26.5. The van der Waals surface area contributed by atoms with E-state index in [1.54, 1.807) is 36.9 Å².